The van der Waals surface area contributed by atoms with Crippen LogP contribution in [0.3, 0.4) is 0 Å². The average molecular weight is 334 g/mol. The number of rotatable bonds is 3. The standard InChI is InChI=1S/C14H17ClFNO3S/c1-2-10-5-7-17(8-6-10)14(18)12-9-11(16)3-4-13(12)21(15,19)20/h3-4,9-10H,2,5-8H2,1H3. The first kappa shape index (κ1) is 16.2. The van der Waals surface area contributed by atoms with E-state index in [2.05, 4.69) is 6.92 Å². The smallest absolute Gasteiger partial charge is 0.262 e. The third-order valence-corrected chi connectivity index (χ3v) is 5.29. The fourth-order valence-electron chi connectivity index (χ4n) is 2.60. The van der Waals surface area contributed by atoms with E-state index in [1.807, 2.05) is 0 Å². The second kappa shape index (κ2) is 6.32. The second-order valence-electron chi connectivity index (χ2n) is 5.22. The predicted molar refractivity (Wildman–Crippen MR) is 78.4 cm³/mol. The zero-order valence-electron chi connectivity index (χ0n) is 11.7. The highest BCUT2D eigenvalue weighted by Crippen LogP contribution is 2.26. The van der Waals surface area contributed by atoms with Crippen LogP contribution in [-0.4, -0.2) is 32.3 Å². The number of carbonyl (C=O) groups is 1. The van der Waals surface area contributed by atoms with Crippen molar-refractivity contribution in [3.05, 3.63) is 29.6 Å². The van der Waals surface area contributed by atoms with Gasteiger partial charge in [0.2, 0.25) is 0 Å². The second-order valence-corrected chi connectivity index (χ2v) is 7.76. The number of hydrogen-bond donors (Lipinski definition) is 0. The molecule has 1 aliphatic rings. The molecule has 0 radical (unpaired) electrons. The molecule has 1 aromatic rings. The van der Waals surface area contributed by atoms with Crippen molar-refractivity contribution in [2.24, 2.45) is 5.92 Å². The lowest BCUT2D eigenvalue weighted by molar-refractivity contribution is 0.0684. The molecule has 0 unspecified atom stereocenters. The number of piperidine rings is 1. The molecule has 7 heteroatoms. The molecule has 0 spiro atoms. The van der Waals surface area contributed by atoms with E-state index in [9.17, 15) is 17.6 Å². The van der Waals surface area contributed by atoms with Gasteiger partial charge in [0.05, 0.1) is 10.5 Å². The normalized spacial score (nSPS) is 17.0. The van der Waals surface area contributed by atoms with E-state index < -0.39 is 20.8 Å². The average Bonchev–Trinajstić information content (AvgIpc) is 2.45. The first-order valence-electron chi connectivity index (χ1n) is 6.86. The molecule has 0 N–H and O–H groups in total. The quantitative estimate of drug-likeness (QED) is 0.799. The highest BCUT2D eigenvalue weighted by Gasteiger charge is 2.27. The van der Waals surface area contributed by atoms with Crippen LogP contribution >= 0.6 is 10.7 Å². The van der Waals surface area contributed by atoms with Gasteiger partial charge in [-0.05, 0) is 37.0 Å². The zero-order chi connectivity index (χ0) is 15.6. The summed E-state index contributed by atoms with van der Waals surface area (Å²) in [4.78, 5) is 13.7. The van der Waals surface area contributed by atoms with Crippen LogP contribution in [0.1, 0.15) is 36.5 Å². The Labute approximate surface area is 128 Å². The first-order valence-corrected chi connectivity index (χ1v) is 9.17. The van der Waals surface area contributed by atoms with E-state index in [4.69, 9.17) is 10.7 Å². The summed E-state index contributed by atoms with van der Waals surface area (Å²) >= 11 is 0. The summed E-state index contributed by atoms with van der Waals surface area (Å²) in [5.74, 6) is -0.563. The Morgan fingerprint density at radius 2 is 2.00 bits per heavy atom. The summed E-state index contributed by atoms with van der Waals surface area (Å²) in [6.45, 7) is 3.21. The lowest BCUT2D eigenvalue weighted by Crippen LogP contribution is -2.38. The van der Waals surface area contributed by atoms with Gasteiger partial charge in [0.1, 0.15) is 5.82 Å². The van der Waals surface area contributed by atoms with Gasteiger partial charge < -0.3 is 4.90 Å². The highest BCUT2D eigenvalue weighted by molar-refractivity contribution is 8.13. The maximum Gasteiger partial charge on any atom is 0.262 e. The van der Waals surface area contributed by atoms with Gasteiger partial charge in [-0.15, -0.1) is 0 Å². The lowest BCUT2D eigenvalue weighted by atomic mass is 9.94. The molecule has 4 nitrogen and oxygen atoms in total. The van der Waals surface area contributed by atoms with Crippen molar-refractivity contribution in [1.82, 2.24) is 4.90 Å². The summed E-state index contributed by atoms with van der Waals surface area (Å²) in [5, 5.41) is 0. The van der Waals surface area contributed by atoms with Crippen LogP contribution in [0.4, 0.5) is 4.39 Å². The summed E-state index contributed by atoms with van der Waals surface area (Å²) in [6, 6.07) is 2.95. The highest BCUT2D eigenvalue weighted by atomic mass is 35.7. The molecule has 1 heterocycles. The van der Waals surface area contributed by atoms with E-state index in [-0.39, 0.29) is 10.5 Å². The van der Waals surface area contributed by atoms with Crippen molar-refractivity contribution in [2.45, 2.75) is 31.1 Å². The van der Waals surface area contributed by atoms with Crippen molar-refractivity contribution in [2.75, 3.05) is 13.1 Å². The number of nitrogens with zero attached hydrogens (tertiary/aromatic N) is 1. The van der Waals surface area contributed by atoms with Gasteiger partial charge in [0, 0.05) is 23.8 Å². The van der Waals surface area contributed by atoms with Crippen LogP contribution in [0.15, 0.2) is 23.1 Å². The molecular formula is C14H17ClFNO3S. The Morgan fingerprint density at radius 3 is 2.52 bits per heavy atom. The van der Waals surface area contributed by atoms with Crippen molar-refractivity contribution >= 4 is 25.6 Å². The van der Waals surface area contributed by atoms with Crippen LogP contribution < -0.4 is 0 Å². The summed E-state index contributed by atoms with van der Waals surface area (Å²) in [6.07, 6.45) is 2.81. The Kier molecular flexibility index (Phi) is 4.88. The van der Waals surface area contributed by atoms with Gasteiger partial charge in [0.15, 0.2) is 0 Å². The maximum atomic E-state index is 13.4. The number of amides is 1. The molecule has 1 aromatic carbocycles. The minimum absolute atomic E-state index is 0.194. The summed E-state index contributed by atoms with van der Waals surface area (Å²) < 4.78 is 36.4. The summed E-state index contributed by atoms with van der Waals surface area (Å²) in [5.41, 5.74) is -0.194. The molecule has 2 rings (SSSR count). The van der Waals surface area contributed by atoms with E-state index in [0.29, 0.717) is 19.0 Å². The Hall–Kier alpha value is -1.14. The molecule has 0 saturated carbocycles. The van der Waals surface area contributed by atoms with Gasteiger partial charge in [-0.2, -0.15) is 0 Å². The van der Waals surface area contributed by atoms with Crippen molar-refractivity contribution < 1.29 is 17.6 Å². The van der Waals surface area contributed by atoms with Crippen LogP contribution in [0.5, 0.6) is 0 Å². The third-order valence-electron chi connectivity index (χ3n) is 3.91. The number of halogens is 2. The molecule has 116 valence electrons. The molecule has 0 bridgehead atoms. The van der Waals surface area contributed by atoms with Gasteiger partial charge in [-0.25, -0.2) is 12.8 Å². The number of carbonyl (C=O) groups excluding carboxylic acids is 1. The Morgan fingerprint density at radius 1 is 1.38 bits per heavy atom. The number of benzene rings is 1. The monoisotopic (exact) mass is 333 g/mol. The fourth-order valence-corrected chi connectivity index (χ4v) is 3.64. The molecule has 0 atom stereocenters. The molecule has 1 amide bonds. The van der Waals surface area contributed by atoms with Crippen LogP contribution in [0, 0.1) is 11.7 Å². The molecule has 21 heavy (non-hydrogen) atoms. The van der Waals surface area contributed by atoms with Crippen LogP contribution in [-0.2, 0) is 9.05 Å². The topological polar surface area (TPSA) is 54.5 Å². The minimum atomic E-state index is -4.09. The van der Waals surface area contributed by atoms with Gasteiger partial charge in [-0.1, -0.05) is 13.3 Å². The Bertz CT molecular complexity index is 640. The number of likely N-dealkylation sites (tertiary alicyclic amines) is 1. The molecule has 1 aliphatic heterocycles. The maximum absolute atomic E-state index is 13.4. The van der Waals surface area contributed by atoms with Crippen molar-refractivity contribution in [3.8, 4) is 0 Å². The fraction of sp³-hybridized carbons (Fsp3) is 0.500. The lowest BCUT2D eigenvalue weighted by Gasteiger charge is -2.31. The van der Waals surface area contributed by atoms with E-state index in [1.54, 1.807) is 4.90 Å². The third kappa shape index (κ3) is 3.74. The SMILES string of the molecule is CCC1CCN(C(=O)c2cc(F)ccc2S(=O)(=O)Cl)CC1. The summed E-state index contributed by atoms with van der Waals surface area (Å²) in [7, 11) is 1.23. The van der Waals surface area contributed by atoms with Crippen molar-refractivity contribution in [1.29, 1.82) is 0 Å². The molecule has 1 saturated heterocycles. The van der Waals surface area contributed by atoms with E-state index >= 15 is 0 Å². The van der Waals surface area contributed by atoms with Crippen LogP contribution in [0.25, 0.3) is 0 Å². The van der Waals surface area contributed by atoms with Gasteiger partial charge in [-0.3, -0.25) is 4.79 Å². The Balaban J connectivity index is 2.29. The minimum Gasteiger partial charge on any atom is -0.339 e. The molecule has 0 aromatic heterocycles. The van der Waals surface area contributed by atoms with Gasteiger partial charge in [0.25, 0.3) is 15.0 Å². The first-order chi connectivity index (χ1) is 9.82. The van der Waals surface area contributed by atoms with E-state index in [1.165, 1.54) is 0 Å². The largest absolute Gasteiger partial charge is 0.339 e. The number of hydrogen-bond acceptors (Lipinski definition) is 3. The van der Waals surface area contributed by atoms with Crippen LogP contribution in [0.2, 0.25) is 0 Å². The van der Waals surface area contributed by atoms with E-state index in [0.717, 1.165) is 37.5 Å². The van der Waals surface area contributed by atoms with Gasteiger partial charge >= 0.3 is 0 Å². The zero-order valence-corrected chi connectivity index (χ0v) is 13.3. The molecule has 0 aliphatic carbocycles. The molecular weight excluding hydrogens is 317 g/mol. The van der Waals surface area contributed by atoms with Crippen molar-refractivity contribution in [3.63, 3.8) is 0 Å². The molecule has 1 fully saturated rings. The predicted octanol–water partition coefficient (Wildman–Crippen LogP) is 3.02.